The number of nitrogens with zero attached hydrogens (tertiary/aromatic N) is 4. The van der Waals surface area contributed by atoms with Crippen LogP contribution >= 0.6 is 0 Å². The lowest BCUT2D eigenvalue weighted by Gasteiger charge is -2.26. The molecule has 3 heterocycles. The molecule has 2 fully saturated rings. The van der Waals surface area contributed by atoms with E-state index >= 15 is 0 Å². The first kappa shape index (κ1) is 25.1. The molecule has 0 saturated carbocycles. The summed E-state index contributed by atoms with van der Waals surface area (Å²) < 4.78 is 40.7. The van der Waals surface area contributed by atoms with Crippen molar-refractivity contribution in [2.75, 3.05) is 48.3 Å². The highest BCUT2D eigenvalue weighted by Gasteiger charge is 2.35. The van der Waals surface area contributed by atoms with Crippen LogP contribution in [-0.2, 0) is 17.4 Å². The van der Waals surface area contributed by atoms with Crippen molar-refractivity contribution in [2.45, 2.75) is 58.0 Å². The van der Waals surface area contributed by atoms with Crippen molar-refractivity contribution < 1.29 is 18.0 Å². The summed E-state index contributed by atoms with van der Waals surface area (Å²) in [6, 6.07) is 6.09. The van der Waals surface area contributed by atoms with E-state index in [1.807, 2.05) is 19.1 Å². The van der Waals surface area contributed by atoms with Crippen LogP contribution in [-0.4, -0.2) is 53.5 Å². The average molecular weight is 491 g/mol. The number of piperidine rings is 1. The molecule has 7 nitrogen and oxygen atoms in total. The normalized spacial score (nSPS) is 16.6. The van der Waals surface area contributed by atoms with Crippen molar-refractivity contribution in [3.63, 3.8) is 0 Å². The van der Waals surface area contributed by atoms with Crippen LogP contribution in [0.3, 0.4) is 0 Å². The Labute approximate surface area is 204 Å². The van der Waals surface area contributed by atoms with Crippen LogP contribution in [0.5, 0.6) is 0 Å². The fourth-order valence-corrected chi connectivity index (χ4v) is 4.65. The molecule has 2 aliphatic heterocycles. The minimum Gasteiger partial charge on any atom is -0.372 e. The maximum atomic E-state index is 13.6. The van der Waals surface area contributed by atoms with Crippen molar-refractivity contribution in [3.05, 3.63) is 35.5 Å². The van der Waals surface area contributed by atoms with Gasteiger partial charge < -0.3 is 20.4 Å². The molecule has 2 N–H and O–H groups in total. The second-order valence-electron chi connectivity index (χ2n) is 9.09. The van der Waals surface area contributed by atoms with E-state index in [0.717, 1.165) is 55.5 Å². The van der Waals surface area contributed by atoms with Gasteiger partial charge in [-0.3, -0.25) is 4.79 Å². The number of aryl methyl sites for hydroxylation is 1. The third kappa shape index (κ3) is 6.35. The van der Waals surface area contributed by atoms with Gasteiger partial charge in [-0.05, 0) is 62.3 Å². The third-order valence-electron chi connectivity index (χ3n) is 6.60. The van der Waals surface area contributed by atoms with Crippen molar-refractivity contribution in [2.24, 2.45) is 0 Å². The van der Waals surface area contributed by atoms with Crippen LogP contribution in [0.15, 0.2) is 24.4 Å². The van der Waals surface area contributed by atoms with E-state index in [0.29, 0.717) is 25.9 Å². The highest BCUT2D eigenvalue weighted by Crippen LogP contribution is 2.34. The van der Waals surface area contributed by atoms with Crippen molar-refractivity contribution >= 4 is 29.0 Å². The first-order valence-corrected chi connectivity index (χ1v) is 12.5. The predicted octanol–water partition coefficient (Wildman–Crippen LogP) is 5.22. The molecule has 10 heteroatoms. The largest absolute Gasteiger partial charge is 0.421 e. The fourth-order valence-electron chi connectivity index (χ4n) is 4.65. The predicted molar refractivity (Wildman–Crippen MR) is 131 cm³/mol. The van der Waals surface area contributed by atoms with Crippen molar-refractivity contribution in [1.29, 1.82) is 0 Å². The molecule has 0 bridgehead atoms. The van der Waals surface area contributed by atoms with Crippen molar-refractivity contribution in [3.8, 4) is 0 Å². The molecule has 35 heavy (non-hydrogen) atoms. The molecular formula is C25H33F3N6O. The number of benzene rings is 1. The maximum absolute atomic E-state index is 13.6. The van der Waals surface area contributed by atoms with E-state index in [-0.39, 0.29) is 24.2 Å². The van der Waals surface area contributed by atoms with Gasteiger partial charge in [-0.2, -0.15) is 18.2 Å². The molecule has 190 valence electrons. The number of anilines is 4. The number of halogens is 3. The Morgan fingerprint density at radius 3 is 2.57 bits per heavy atom. The molecule has 1 aromatic heterocycles. The summed E-state index contributed by atoms with van der Waals surface area (Å²) in [5.41, 5.74) is 2.09. The summed E-state index contributed by atoms with van der Waals surface area (Å²) in [5, 5.41) is 5.93. The van der Waals surface area contributed by atoms with Crippen LogP contribution in [0.25, 0.3) is 0 Å². The smallest absolute Gasteiger partial charge is 0.372 e. The van der Waals surface area contributed by atoms with E-state index < -0.39 is 11.7 Å². The van der Waals surface area contributed by atoms with E-state index in [1.165, 1.54) is 12.8 Å². The number of carbonyl (C=O) groups is 1. The zero-order valence-corrected chi connectivity index (χ0v) is 20.1. The fraction of sp³-hybridized carbons (Fsp3) is 0.560. The minimum absolute atomic E-state index is 0.107. The highest BCUT2D eigenvalue weighted by molar-refractivity contribution is 5.76. The first-order chi connectivity index (χ1) is 16.8. The summed E-state index contributed by atoms with van der Waals surface area (Å²) in [7, 11) is 0. The van der Waals surface area contributed by atoms with Gasteiger partial charge >= 0.3 is 6.18 Å². The van der Waals surface area contributed by atoms with Crippen LogP contribution in [0.1, 0.15) is 56.6 Å². The Morgan fingerprint density at radius 2 is 1.86 bits per heavy atom. The Bertz CT molecular complexity index is 1020. The highest BCUT2D eigenvalue weighted by atomic mass is 19.4. The molecule has 0 spiro atoms. The van der Waals surface area contributed by atoms with Gasteiger partial charge in [0, 0.05) is 56.7 Å². The molecular weight excluding hydrogens is 457 g/mol. The monoisotopic (exact) mass is 490 g/mol. The molecule has 0 atom stereocenters. The van der Waals surface area contributed by atoms with Crippen LogP contribution < -0.4 is 15.5 Å². The van der Waals surface area contributed by atoms with E-state index in [9.17, 15) is 18.0 Å². The summed E-state index contributed by atoms with van der Waals surface area (Å²) in [5.74, 6) is -0.0368. The zero-order chi connectivity index (χ0) is 24.8. The van der Waals surface area contributed by atoms with Gasteiger partial charge in [0.05, 0.1) is 0 Å². The number of amides is 1. The molecule has 2 aromatic rings. The SMILES string of the molecule is CCc1cc(N2CCCC2)ccc1Nc1ncc(C(F)(F)F)c(NCCCN2CCCCC2=O)n1. The van der Waals surface area contributed by atoms with Gasteiger partial charge in [-0.1, -0.05) is 6.92 Å². The topological polar surface area (TPSA) is 73.4 Å². The summed E-state index contributed by atoms with van der Waals surface area (Å²) in [6.07, 6.45) is 2.34. The molecule has 1 aromatic carbocycles. The maximum Gasteiger partial charge on any atom is 0.421 e. The Morgan fingerprint density at radius 1 is 1.09 bits per heavy atom. The number of nitrogens with one attached hydrogen (secondary N) is 2. The molecule has 1 amide bonds. The third-order valence-corrected chi connectivity index (χ3v) is 6.60. The Kier molecular flexibility index (Phi) is 7.97. The molecule has 2 aliphatic rings. The van der Waals surface area contributed by atoms with Gasteiger partial charge in [-0.25, -0.2) is 4.98 Å². The van der Waals surface area contributed by atoms with E-state index in [2.05, 4.69) is 31.6 Å². The second kappa shape index (κ2) is 11.1. The number of alkyl halides is 3. The Balaban J connectivity index is 1.45. The molecule has 2 saturated heterocycles. The van der Waals surface area contributed by atoms with Crippen molar-refractivity contribution in [1.82, 2.24) is 14.9 Å². The van der Waals surface area contributed by atoms with E-state index in [1.54, 1.807) is 4.90 Å². The zero-order valence-electron chi connectivity index (χ0n) is 20.1. The molecule has 0 radical (unpaired) electrons. The van der Waals surface area contributed by atoms with Crippen LogP contribution in [0.4, 0.5) is 36.3 Å². The molecule has 4 rings (SSSR count). The summed E-state index contributed by atoms with van der Waals surface area (Å²) in [6.45, 7) is 5.63. The quantitative estimate of drug-likeness (QED) is 0.470. The van der Waals surface area contributed by atoms with Gasteiger partial charge in [0.15, 0.2) is 0 Å². The lowest BCUT2D eigenvalue weighted by atomic mass is 10.1. The number of hydrogen-bond donors (Lipinski definition) is 2. The number of likely N-dealkylation sites (tertiary alicyclic amines) is 1. The first-order valence-electron chi connectivity index (χ1n) is 12.5. The van der Waals surface area contributed by atoms with Crippen LogP contribution in [0.2, 0.25) is 0 Å². The molecule has 0 unspecified atom stereocenters. The van der Waals surface area contributed by atoms with Gasteiger partial charge in [0.1, 0.15) is 11.4 Å². The lowest BCUT2D eigenvalue weighted by molar-refractivity contribution is -0.137. The standard InChI is InChI=1S/C25H33F3N6O/c1-2-18-16-19(33-12-5-6-13-33)9-10-21(18)31-24-30-17-20(25(26,27)28)23(32-24)29-11-7-15-34-14-4-3-8-22(34)35/h9-10,16-17H,2-8,11-15H2,1H3,(H2,29,30,31,32). The number of hydrogen-bond acceptors (Lipinski definition) is 6. The van der Waals surface area contributed by atoms with Gasteiger partial charge in [0.2, 0.25) is 11.9 Å². The van der Waals surface area contributed by atoms with Gasteiger partial charge in [-0.15, -0.1) is 0 Å². The number of carbonyl (C=O) groups excluding carboxylic acids is 1. The van der Waals surface area contributed by atoms with Crippen LogP contribution in [0, 0.1) is 0 Å². The molecule has 0 aliphatic carbocycles. The minimum atomic E-state index is -4.57. The Hall–Kier alpha value is -3.04. The second-order valence-corrected chi connectivity index (χ2v) is 9.09. The van der Waals surface area contributed by atoms with E-state index in [4.69, 9.17) is 0 Å². The average Bonchev–Trinajstić information content (AvgIpc) is 3.37. The number of aromatic nitrogens is 2. The van der Waals surface area contributed by atoms with Gasteiger partial charge in [0.25, 0.3) is 0 Å². The summed E-state index contributed by atoms with van der Waals surface area (Å²) in [4.78, 5) is 24.2. The lowest BCUT2D eigenvalue weighted by Crippen LogP contribution is -2.36. The number of rotatable bonds is 9. The summed E-state index contributed by atoms with van der Waals surface area (Å²) >= 11 is 0.